The predicted molar refractivity (Wildman–Crippen MR) is 89.2 cm³/mol. The van der Waals surface area contributed by atoms with E-state index >= 15 is 0 Å². The third-order valence-corrected chi connectivity index (χ3v) is 3.39. The van der Waals surface area contributed by atoms with Crippen molar-refractivity contribution in [2.75, 3.05) is 21.3 Å². The van der Waals surface area contributed by atoms with Gasteiger partial charge in [-0.25, -0.2) is 0 Å². The zero-order chi connectivity index (χ0) is 17.7. The second-order valence-electron chi connectivity index (χ2n) is 4.85. The quantitative estimate of drug-likeness (QED) is 0.625. The molecule has 0 radical (unpaired) electrons. The minimum atomic E-state index is -0.539. The lowest BCUT2D eigenvalue weighted by atomic mass is 10.1. The molecule has 0 fully saturated rings. The molecule has 0 aliphatic rings. The number of allylic oxidation sites excluding steroid dienone is 1. The highest BCUT2D eigenvalue weighted by Crippen LogP contribution is 2.33. The van der Waals surface area contributed by atoms with Gasteiger partial charge in [0, 0.05) is 12.1 Å². The number of hydrogen-bond donors (Lipinski definition) is 2. The smallest absolute Gasteiger partial charge is 0.193 e. The normalized spacial score (nSPS) is 10.6. The third kappa shape index (κ3) is 3.60. The molecule has 0 aliphatic heterocycles. The molecule has 0 heterocycles. The first-order chi connectivity index (χ1) is 11.5. The maximum Gasteiger partial charge on any atom is 0.193 e. The number of phenols is 2. The standard InChI is InChI=1S/C18H18O6/c1-22-12-9-14(20)18(15(21)10-12)13(19)6-4-11-5-7-16(23-2)17(8-11)24-3/h4-10,20-21H,1-3H3. The molecular weight excluding hydrogens is 312 g/mol. The van der Waals surface area contributed by atoms with Gasteiger partial charge in [-0.2, -0.15) is 0 Å². The number of hydrogen-bond acceptors (Lipinski definition) is 6. The molecule has 0 atom stereocenters. The van der Waals surface area contributed by atoms with Crippen molar-refractivity contribution in [1.82, 2.24) is 0 Å². The second kappa shape index (κ2) is 7.41. The zero-order valence-electron chi connectivity index (χ0n) is 13.6. The van der Waals surface area contributed by atoms with Crippen LogP contribution in [-0.4, -0.2) is 37.3 Å². The van der Waals surface area contributed by atoms with E-state index < -0.39 is 5.78 Å². The Balaban J connectivity index is 2.28. The molecule has 6 nitrogen and oxygen atoms in total. The molecule has 0 aromatic heterocycles. The lowest BCUT2D eigenvalue weighted by Crippen LogP contribution is -1.97. The minimum Gasteiger partial charge on any atom is -0.507 e. The molecule has 2 aromatic rings. The zero-order valence-corrected chi connectivity index (χ0v) is 13.6. The first kappa shape index (κ1) is 17.2. The van der Waals surface area contributed by atoms with E-state index in [4.69, 9.17) is 14.2 Å². The Morgan fingerprint density at radius 1 is 0.917 bits per heavy atom. The number of ether oxygens (including phenoxy) is 3. The van der Waals surface area contributed by atoms with E-state index in [-0.39, 0.29) is 22.8 Å². The summed E-state index contributed by atoms with van der Waals surface area (Å²) < 4.78 is 15.3. The van der Waals surface area contributed by atoms with Crippen molar-refractivity contribution < 1.29 is 29.2 Å². The number of rotatable bonds is 6. The van der Waals surface area contributed by atoms with Crippen molar-refractivity contribution in [1.29, 1.82) is 0 Å². The Morgan fingerprint density at radius 3 is 2.08 bits per heavy atom. The second-order valence-corrected chi connectivity index (χ2v) is 4.85. The van der Waals surface area contributed by atoms with Gasteiger partial charge in [0.25, 0.3) is 0 Å². The van der Waals surface area contributed by atoms with E-state index in [0.29, 0.717) is 17.1 Å². The number of methoxy groups -OCH3 is 3. The lowest BCUT2D eigenvalue weighted by molar-refractivity contribution is 0.104. The highest BCUT2D eigenvalue weighted by Gasteiger charge is 2.16. The molecule has 0 aliphatic carbocycles. The van der Waals surface area contributed by atoms with Crippen LogP contribution in [0.25, 0.3) is 6.08 Å². The molecule has 0 spiro atoms. The van der Waals surface area contributed by atoms with Crippen LogP contribution in [0.4, 0.5) is 0 Å². The van der Waals surface area contributed by atoms with Crippen LogP contribution in [0, 0.1) is 0 Å². The molecule has 2 aromatic carbocycles. The maximum absolute atomic E-state index is 12.2. The van der Waals surface area contributed by atoms with Crippen molar-refractivity contribution in [3.8, 4) is 28.7 Å². The molecule has 0 amide bonds. The molecule has 0 saturated carbocycles. The van der Waals surface area contributed by atoms with Gasteiger partial charge in [-0.15, -0.1) is 0 Å². The molecule has 2 rings (SSSR count). The maximum atomic E-state index is 12.2. The number of phenolic OH excluding ortho intramolecular Hbond substituents is 2. The fraction of sp³-hybridized carbons (Fsp3) is 0.167. The van der Waals surface area contributed by atoms with Crippen molar-refractivity contribution in [3.63, 3.8) is 0 Å². The summed E-state index contributed by atoms with van der Waals surface area (Å²) in [5.41, 5.74) is 0.515. The number of benzene rings is 2. The molecule has 0 unspecified atom stereocenters. The summed E-state index contributed by atoms with van der Waals surface area (Å²) in [7, 11) is 4.45. The van der Waals surface area contributed by atoms with E-state index in [2.05, 4.69) is 0 Å². The van der Waals surface area contributed by atoms with Gasteiger partial charge >= 0.3 is 0 Å². The van der Waals surface area contributed by atoms with E-state index in [1.54, 1.807) is 24.3 Å². The molecule has 24 heavy (non-hydrogen) atoms. The topological polar surface area (TPSA) is 85.2 Å². The van der Waals surface area contributed by atoms with Crippen LogP contribution >= 0.6 is 0 Å². The molecular formula is C18H18O6. The Hall–Kier alpha value is -3.15. The number of aromatic hydroxyl groups is 2. The van der Waals surface area contributed by atoms with E-state index in [1.807, 2.05) is 0 Å². The van der Waals surface area contributed by atoms with Crippen molar-refractivity contribution in [2.45, 2.75) is 0 Å². The largest absolute Gasteiger partial charge is 0.507 e. The number of ketones is 1. The molecule has 6 heteroatoms. The third-order valence-electron chi connectivity index (χ3n) is 3.39. The van der Waals surface area contributed by atoms with Crippen LogP contribution in [0.1, 0.15) is 15.9 Å². The Labute approximate surface area is 139 Å². The van der Waals surface area contributed by atoms with E-state index in [1.165, 1.54) is 39.5 Å². The van der Waals surface area contributed by atoms with Gasteiger partial charge < -0.3 is 24.4 Å². The van der Waals surface area contributed by atoms with Gasteiger partial charge in [-0.1, -0.05) is 12.1 Å². The Kier molecular flexibility index (Phi) is 5.31. The van der Waals surface area contributed by atoms with Gasteiger partial charge in [0.05, 0.1) is 21.3 Å². The molecule has 0 saturated heterocycles. The van der Waals surface area contributed by atoms with Gasteiger partial charge in [0.1, 0.15) is 22.8 Å². The van der Waals surface area contributed by atoms with Gasteiger partial charge in [-0.3, -0.25) is 4.79 Å². The lowest BCUT2D eigenvalue weighted by Gasteiger charge is -2.08. The average molecular weight is 330 g/mol. The summed E-state index contributed by atoms with van der Waals surface area (Å²) in [6.45, 7) is 0. The highest BCUT2D eigenvalue weighted by atomic mass is 16.5. The monoisotopic (exact) mass is 330 g/mol. The van der Waals surface area contributed by atoms with Crippen LogP contribution in [0.3, 0.4) is 0 Å². The average Bonchev–Trinajstić information content (AvgIpc) is 2.58. The summed E-state index contributed by atoms with van der Waals surface area (Å²) >= 11 is 0. The van der Waals surface area contributed by atoms with Crippen molar-refractivity contribution in [2.24, 2.45) is 0 Å². The summed E-state index contributed by atoms with van der Waals surface area (Å²) in [6.07, 6.45) is 2.80. The Morgan fingerprint density at radius 2 is 1.54 bits per heavy atom. The van der Waals surface area contributed by atoms with Crippen LogP contribution in [0.15, 0.2) is 36.4 Å². The van der Waals surface area contributed by atoms with Gasteiger partial charge in [0.2, 0.25) is 0 Å². The van der Waals surface area contributed by atoms with Crippen LogP contribution in [0.5, 0.6) is 28.7 Å². The summed E-state index contributed by atoms with van der Waals surface area (Å²) in [6, 6.07) is 7.69. The summed E-state index contributed by atoms with van der Waals surface area (Å²) in [5, 5.41) is 19.8. The molecule has 0 bridgehead atoms. The minimum absolute atomic E-state index is 0.187. The van der Waals surface area contributed by atoms with Gasteiger partial charge in [0.15, 0.2) is 17.3 Å². The fourth-order valence-electron chi connectivity index (χ4n) is 2.17. The molecule has 126 valence electrons. The first-order valence-corrected chi connectivity index (χ1v) is 7.04. The van der Waals surface area contributed by atoms with Gasteiger partial charge in [-0.05, 0) is 23.8 Å². The van der Waals surface area contributed by atoms with Crippen molar-refractivity contribution >= 4 is 11.9 Å². The molecule has 2 N–H and O–H groups in total. The van der Waals surface area contributed by atoms with Crippen LogP contribution in [0.2, 0.25) is 0 Å². The van der Waals surface area contributed by atoms with Crippen molar-refractivity contribution in [3.05, 3.63) is 47.5 Å². The number of carbonyl (C=O) groups excluding carboxylic acids is 1. The Bertz CT molecular complexity index is 756. The predicted octanol–water partition coefficient (Wildman–Crippen LogP) is 3.02. The SMILES string of the molecule is COc1cc(O)c(C(=O)C=Cc2ccc(OC)c(OC)c2)c(O)c1. The summed E-state index contributed by atoms with van der Waals surface area (Å²) in [5.74, 6) is 0.115. The highest BCUT2D eigenvalue weighted by molar-refractivity contribution is 6.10. The number of carbonyl (C=O) groups is 1. The first-order valence-electron chi connectivity index (χ1n) is 7.04. The fourth-order valence-corrected chi connectivity index (χ4v) is 2.17. The van der Waals surface area contributed by atoms with Crippen LogP contribution < -0.4 is 14.2 Å². The van der Waals surface area contributed by atoms with Crippen LogP contribution in [-0.2, 0) is 0 Å². The summed E-state index contributed by atoms with van der Waals surface area (Å²) in [4.78, 5) is 12.2. The van der Waals surface area contributed by atoms with E-state index in [9.17, 15) is 15.0 Å². The van der Waals surface area contributed by atoms with E-state index in [0.717, 1.165) is 0 Å².